The second-order valence-electron chi connectivity index (χ2n) is 6.46. The van der Waals surface area contributed by atoms with Crippen LogP contribution >= 0.6 is 11.6 Å². The Hall–Kier alpha value is -3.97. The first kappa shape index (κ1) is 21.7. The average molecular weight is 434 g/mol. The molecule has 0 atom stereocenters. The number of nitrogens with zero attached hydrogens (tertiary/aromatic N) is 3. The van der Waals surface area contributed by atoms with E-state index in [0.717, 1.165) is 5.56 Å². The van der Waals surface area contributed by atoms with Crippen LogP contribution in [0.5, 0.6) is 0 Å². The van der Waals surface area contributed by atoms with Crippen molar-refractivity contribution in [2.45, 2.75) is 0 Å². The molecule has 7 nitrogen and oxygen atoms in total. The number of amides is 2. The fourth-order valence-electron chi connectivity index (χ4n) is 2.78. The molecule has 0 spiro atoms. The number of anilines is 2. The van der Waals surface area contributed by atoms with Crippen molar-refractivity contribution in [2.24, 2.45) is 12.0 Å². The molecular formula is C23H20ClN5O2. The van der Waals surface area contributed by atoms with Crippen LogP contribution in [0.2, 0.25) is 0 Å². The van der Waals surface area contributed by atoms with Gasteiger partial charge in [0, 0.05) is 29.9 Å². The third kappa shape index (κ3) is 5.15. The number of halogens is 1. The predicted molar refractivity (Wildman–Crippen MR) is 124 cm³/mol. The molecule has 156 valence electrons. The van der Waals surface area contributed by atoms with E-state index in [0.29, 0.717) is 22.8 Å². The van der Waals surface area contributed by atoms with Crippen molar-refractivity contribution in [3.05, 3.63) is 89.6 Å². The SMILES string of the molecule is C=C/C(C(=O)Nc1ccc(-c2cc(NC(=O)c3ccccc3)n(C)n2)cc1)=C(/Cl)N=C. The van der Waals surface area contributed by atoms with Gasteiger partial charge in [-0.2, -0.15) is 5.10 Å². The van der Waals surface area contributed by atoms with Crippen LogP contribution in [0.3, 0.4) is 0 Å². The zero-order chi connectivity index (χ0) is 22.4. The zero-order valence-electron chi connectivity index (χ0n) is 16.8. The first-order valence-electron chi connectivity index (χ1n) is 9.24. The van der Waals surface area contributed by atoms with Gasteiger partial charge in [-0.25, -0.2) is 0 Å². The minimum absolute atomic E-state index is 0.0253. The summed E-state index contributed by atoms with van der Waals surface area (Å²) in [5, 5.41) is 10.0. The number of carbonyl (C=O) groups excluding carboxylic acids is 2. The number of aryl methyl sites for hydroxylation is 1. The highest BCUT2D eigenvalue weighted by Crippen LogP contribution is 2.24. The van der Waals surface area contributed by atoms with Gasteiger partial charge in [-0.1, -0.05) is 54.6 Å². The quantitative estimate of drug-likeness (QED) is 0.247. The average Bonchev–Trinajstić information content (AvgIpc) is 3.15. The van der Waals surface area contributed by atoms with Gasteiger partial charge in [0.1, 0.15) is 11.0 Å². The number of hydrogen-bond acceptors (Lipinski definition) is 4. The normalized spacial score (nSPS) is 11.3. The molecule has 31 heavy (non-hydrogen) atoms. The number of benzene rings is 2. The Kier molecular flexibility index (Phi) is 6.79. The molecule has 0 radical (unpaired) electrons. The van der Waals surface area contributed by atoms with Gasteiger partial charge in [-0.3, -0.25) is 19.3 Å². The summed E-state index contributed by atoms with van der Waals surface area (Å²) in [6.45, 7) is 6.87. The lowest BCUT2D eigenvalue weighted by atomic mass is 10.1. The smallest absolute Gasteiger partial charge is 0.258 e. The molecular weight excluding hydrogens is 414 g/mol. The number of carbonyl (C=O) groups is 2. The third-order valence-electron chi connectivity index (χ3n) is 4.41. The van der Waals surface area contributed by atoms with Crippen LogP contribution in [0.4, 0.5) is 11.5 Å². The molecule has 3 aromatic rings. The standard InChI is InChI=1S/C23H20ClN5O2/c1-4-18(21(24)25-2)23(31)26-17-12-10-15(11-13-17)19-14-20(29(3)28-19)27-22(30)16-8-6-5-7-9-16/h4-14H,1-2H2,3H3,(H,26,31)(H,27,30)/b21-18+. The number of aromatic nitrogens is 2. The highest BCUT2D eigenvalue weighted by Gasteiger charge is 2.13. The molecule has 0 bridgehead atoms. The van der Waals surface area contributed by atoms with E-state index in [1.807, 2.05) is 18.2 Å². The van der Waals surface area contributed by atoms with Crippen LogP contribution in [-0.4, -0.2) is 28.3 Å². The van der Waals surface area contributed by atoms with Gasteiger partial charge >= 0.3 is 0 Å². The molecule has 2 amide bonds. The molecule has 2 N–H and O–H groups in total. The van der Waals surface area contributed by atoms with Crippen LogP contribution in [0.15, 0.2) is 89.0 Å². The number of aliphatic imine (C=N–C) groups is 1. The van der Waals surface area contributed by atoms with Gasteiger partial charge in [0.15, 0.2) is 0 Å². The maximum atomic E-state index is 12.4. The van der Waals surface area contributed by atoms with E-state index in [1.165, 1.54) is 6.08 Å². The van der Waals surface area contributed by atoms with Crippen molar-refractivity contribution in [1.29, 1.82) is 0 Å². The minimum Gasteiger partial charge on any atom is -0.322 e. The predicted octanol–water partition coefficient (Wildman–Crippen LogP) is 4.61. The summed E-state index contributed by atoms with van der Waals surface area (Å²) in [7, 11) is 1.75. The summed E-state index contributed by atoms with van der Waals surface area (Å²) in [6, 6.07) is 17.8. The summed E-state index contributed by atoms with van der Waals surface area (Å²) >= 11 is 5.87. The van der Waals surface area contributed by atoms with Gasteiger partial charge in [0.05, 0.1) is 11.3 Å². The lowest BCUT2D eigenvalue weighted by Crippen LogP contribution is -2.14. The van der Waals surface area contributed by atoms with Crippen LogP contribution in [0.1, 0.15) is 10.4 Å². The Morgan fingerprint density at radius 2 is 1.77 bits per heavy atom. The van der Waals surface area contributed by atoms with Gasteiger partial charge in [0.2, 0.25) is 0 Å². The van der Waals surface area contributed by atoms with E-state index < -0.39 is 5.91 Å². The van der Waals surface area contributed by atoms with Crippen molar-refractivity contribution in [3.8, 4) is 11.3 Å². The Balaban J connectivity index is 1.74. The van der Waals surface area contributed by atoms with Crippen LogP contribution in [-0.2, 0) is 11.8 Å². The number of rotatable bonds is 7. The Morgan fingerprint density at radius 1 is 1.10 bits per heavy atom. The molecule has 0 saturated carbocycles. The summed E-state index contributed by atoms with van der Waals surface area (Å²) in [4.78, 5) is 28.2. The maximum Gasteiger partial charge on any atom is 0.258 e. The van der Waals surface area contributed by atoms with Crippen molar-refractivity contribution >= 4 is 41.6 Å². The lowest BCUT2D eigenvalue weighted by molar-refractivity contribution is -0.112. The Labute approximate surface area is 184 Å². The molecule has 0 unspecified atom stereocenters. The molecule has 1 aromatic heterocycles. The molecule has 0 aliphatic carbocycles. The fourth-order valence-corrected chi connectivity index (χ4v) is 2.94. The molecule has 0 aliphatic rings. The van der Waals surface area contributed by atoms with Gasteiger partial charge < -0.3 is 10.6 Å². The van der Waals surface area contributed by atoms with Gasteiger partial charge in [-0.15, -0.1) is 0 Å². The molecule has 2 aromatic carbocycles. The van der Waals surface area contributed by atoms with Crippen molar-refractivity contribution < 1.29 is 9.59 Å². The molecule has 0 saturated heterocycles. The lowest BCUT2D eigenvalue weighted by Gasteiger charge is -2.07. The Bertz CT molecular complexity index is 1160. The monoisotopic (exact) mass is 433 g/mol. The van der Waals surface area contributed by atoms with Crippen LogP contribution in [0, 0.1) is 0 Å². The second-order valence-corrected chi connectivity index (χ2v) is 6.81. The summed E-state index contributed by atoms with van der Waals surface area (Å²) in [5.74, 6) is -0.0931. The summed E-state index contributed by atoms with van der Waals surface area (Å²) in [5.41, 5.74) is 2.75. The van der Waals surface area contributed by atoms with Crippen LogP contribution in [0.25, 0.3) is 11.3 Å². The first-order chi connectivity index (χ1) is 14.9. The Morgan fingerprint density at radius 3 is 2.39 bits per heavy atom. The molecule has 1 heterocycles. The molecule has 3 rings (SSSR count). The van der Waals surface area contributed by atoms with E-state index in [-0.39, 0.29) is 16.6 Å². The van der Waals surface area contributed by atoms with Crippen molar-refractivity contribution in [3.63, 3.8) is 0 Å². The largest absolute Gasteiger partial charge is 0.322 e. The van der Waals surface area contributed by atoms with Crippen molar-refractivity contribution in [1.82, 2.24) is 9.78 Å². The zero-order valence-corrected chi connectivity index (χ0v) is 17.6. The van der Waals surface area contributed by atoms with E-state index in [1.54, 1.807) is 54.2 Å². The minimum atomic E-state index is -0.441. The molecule has 8 heteroatoms. The number of nitrogens with one attached hydrogen (secondary N) is 2. The third-order valence-corrected chi connectivity index (χ3v) is 4.73. The topological polar surface area (TPSA) is 88.4 Å². The second kappa shape index (κ2) is 9.69. The van der Waals surface area contributed by atoms with Crippen molar-refractivity contribution in [2.75, 3.05) is 10.6 Å². The molecule has 0 fully saturated rings. The molecule has 0 aliphatic heterocycles. The van der Waals surface area contributed by atoms with E-state index >= 15 is 0 Å². The highest BCUT2D eigenvalue weighted by molar-refractivity contribution is 6.32. The maximum absolute atomic E-state index is 12.4. The van der Waals surface area contributed by atoms with Crippen LogP contribution < -0.4 is 10.6 Å². The van der Waals surface area contributed by atoms with Gasteiger partial charge in [-0.05, 0) is 31.0 Å². The van der Waals surface area contributed by atoms with E-state index in [9.17, 15) is 9.59 Å². The summed E-state index contributed by atoms with van der Waals surface area (Å²) < 4.78 is 1.59. The first-order valence-corrected chi connectivity index (χ1v) is 9.62. The van der Waals surface area contributed by atoms with E-state index in [4.69, 9.17) is 11.6 Å². The fraction of sp³-hybridized carbons (Fsp3) is 0.0435. The van der Waals surface area contributed by atoms with Gasteiger partial charge in [0.25, 0.3) is 11.8 Å². The number of hydrogen-bond donors (Lipinski definition) is 2. The summed E-state index contributed by atoms with van der Waals surface area (Å²) in [6.07, 6.45) is 1.32. The highest BCUT2D eigenvalue weighted by atomic mass is 35.5. The van der Waals surface area contributed by atoms with E-state index in [2.05, 4.69) is 34.0 Å².